The fourth-order valence-corrected chi connectivity index (χ4v) is 2.91. The predicted octanol–water partition coefficient (Wildman–Crippen LogP) is 4.89. The van der Waals surface area contributed by atoms with Gasteiger partial charge in [0.2, 0.25) is 0 Å². The lowest BCUT2D eigenvalue weighted by Gasteiger charge is -1.98. The predicted molar refractivity (Wildman–Crippen MR) is 105 cm³/mol. The summed E-state index contributed by atoms with van der Waals surface area (Å²) in [6.45, 7) is 1.99. The molecule has 6 nitrogen and oxygen atoms in total. The summed E-state index contributed by atoms with van der Waals surface area (Å²) in [5.41, 5.74) is 4.09. The first-order valence-corrected chi connectivity index (χ1v) is 8.55. The van der Waals surface area contributed by atoms with Crippen molar-refractivity contribution in [2.45, 2.75) is 6.92 Å². The molecule has 4 rings (SSSR count). The van der Waals surface area contributed by atoms with Gasteiger partial charge in [-0.3, -0.25) is 0 Å². The Morgan fingerprint density at radius 3 is 2.68 bits per heavy atom. The zero-order chi connectivity index (χ0) is 19.7. The van der Waals surface area contributed by atoms with E-state index in [4.69, 9.17) is 9.52 Å². The number of aromatic carboxylic acids is 1. The zero-order valence-electron chi connectivity index (χ0n) is 14.9. The second kappa shape index (κ2) is 6.89. The Balaban J connectivity index is 1.65. The first-order valence-electron chi connectivity index (χ1n) is 8.55. The summed E-state index contributed by atoms with van der Waals surface area (Å²) in [6.07, 6.45) is 1.62. The minimum atomic E-state index is -0.977. The highest BCUT2D eigenvalue weighted by atomic mass is 16.4. The number of carboxylic acids is 1. The van der Waals surface area contributed by atoms with Gasteiger partial charge in [0, 0.05) is 11.6 Å². The largest absolute Gasteiger partial charge is 0.478 e. The molecule has 0 radical (unpaired) electrons. The quantitative estimate of drug-likeness (QED) is 0.498. The molecule has 0 fully saturated rings. The van der Waals surface area contributed by atoms with Crippen LogP contribution >= 0.6 is 0 Å². The minimum absolute atomic E-state index is 0.210. The first kappa shape index (κ1) is 17.3. The van der Waals surface area contributed by atoms with Gasteiger partial charge in [-0.1, -0.05) is 18.2 Å². The van der Waals surface area contributed by atoms with Crippen LogP contribution < -0.4 is 0 Å². The van der Waals surface area contributed by atoms with Gasteiger partial charge in [0.25, 0.3) is 0 Å². The van der Waals surface area contributed by atoms with Crippen LogP contribution in [0.1, 0.15) is 27.5 Å². The second-order valence-electron chi connectivity index (χ2n) is 6.36. The third-order valence-corrected chi connectivity index (χ3v) is 4.34. The van der Waals surface area contributed by atoms with Crippen molar-refractivity contribution >= 4 is 28.7 Å². The second-order valence-corrected chi connectivity index (χ2v) is 6.36. The van der Waals surface area contributed by atoms with Crippen molar-refractivity contribution in [1.82, 2.24) is 9.97 Å². The van der Waals surface area contributed by atoms with E-state index in [1.165, 1.54) is 12.1 Å². The number of nitriles is 1. The van der Waals surface area contributed by atoms with Crippen molar-refractivity contribution < 1.29 is 14.3 Å². The summed E-state index contributed by atoms with van der Waals surface area (Å²) in [5, 5.41) is 18.5. The van der Waals surface area contributed by atoms with Crippen LogP contribution in [0.2, 0.25) is 0 Å². The maximum absolute atomic E-state index is 11.0. The van der Waals surface area contributed by atoms with Gasteiger partial charge >= 0.3 is 5.97 Å². The van der Waals surface area contributed by atoms with Crippen molar-refractivity contribution in [3.8, 4) is 17.4 Å². The van der Waals surface area contributed by atoms with Crippen LogP contribution in [-0.4, -0.2) is 21.0 Å². The molecule has 0 amide bonds. The molecule has 0 spiro atoms. The van der Waals surface area contributed by atoms with Crippen molar-refractivity contribution in [2.75, 3.05) is 0 Å². The Labute approximate surface area is 160 Å². The zero-order valence-corrected chi connectivity index (χ0v) is 14.9. The molecule has 0 bridgehead atoms. The van der Waals surface area contributed by atoms with Gasteiger partial charge in [-0.05, 0) is 48.9 Å². The number of imidazole rings is 1. The Kier molecular flexibility index (Phi) is 4.26. The van der Waals surface area contributed by atoms with E-state index >= 15 is 0 Å². The number of hydrogen-bond donors (Lipinski definition) is 2. The van der Waals surface area contributed by atoms with E-state index in [9.17, 15) is 10.1 Å². The Bertz CT molecular complexity index is 1250. The number of aromatic amines is 1. The number of benzene rings is 2. The Hall–Kier alpha value is -4.11. The van der Waals surface area contributed by atoms with Crippen molar-refractivity contribution in [3.05, 3.63) is 77.3 Å². The lowest BCUT2D eigenvalue weighted by Crippen LogP contribution is -1.94. The molecule has 0 unspecified atom stereocenters. The SMILES string of the molecule is Cc1ccc2nc(C(C#N)=Cc3ccc(-c4ccc(C(=O)O)cc4)o3)[nH]c2c1. The van der Waals surface area contributed by atoms with Crippen molar-refractivity contribution in [1.29, 1.82) is 5.26 Å². The summed E-state index contributed by atoms with van der Waals surface area (Å²) in [6, 6.07) is 17.9. The molecule has 0 aliphatic rings. The molecule has 0 aliphatic carbocycles. The van der Waals surface area contributed by atoms with E-state index in [2.05, 4.69) is 16.0 Å². The van der Waals surface area contributed by atoms with Crippen molar-refractivity contribution in [3.63, 3.8) is 0 Å². The monoisotopic (exact) mass is 369 g/mol. The van der Waals surface area contributed by atoms with Crippen LogP contribution in [0.5, 0.6) is 0 Å². The standard InChI is InChI=1S/C22H15N3O3/c1-13-2-8-18-19(10-13)25-21(24-18)16(12-23)11-17-7-9-20(28-17)14-3-5-15(6-4-14)22(26)27/h2-11H,1H3,(H,24,25)(H,26,27). The molecule has 0 saturated carbocycles. The minimum Gasteiger partial charge on any atom is -0.478 e. The number of aromatic nitrogens is 2. The molecule has 2 N–H and O–H groups in total. The van der Waals surface area contributed by atoms with Gasteiger partial charge in [-0.2, -0.15) is 5.26 Å². The molecular weight excluding hydrogens is 354 g/mol. The molecule has 4 aromatic rings. The average molecular weight is 369 g/mol. The topological polar surface area (TPSA) is 103 Å². The average Bonchev–Trinajstić information content (AvgIpc) is 3.32. The van der Waals surface area contributed by atoms with Crippen LogP contribution in [0.25, 0.3) is 34.0 Å². The molecule has 2 aromatic heterocycles. The fraction of sp³-hybridized carbons (Fsp3) is 0.0455. The van der Waals surface area contributed by atoms with Gasteiger partial charge in [-0.15, -0.1) is 0 Å². The molecule has 6 heteroatoms. The number of allylic oxidation sites excluding steroid dienone is 1. The Morgan fingerprint density at radius 2 is 1.96 bits per heavy atom. The summed E-state index contributed by atoms with van der Waals surface area (Å²) in [4.78, 5) is 18.6. The lowest BCUT2D eigenvalue weighted by molar-refractivity contribution is 0.0697. The highest BCUT2D eigenvalue weighted by Crippen LogP contribution is 2.26. The molecule has 0 aliphatic heterocycles. The Morgan fingerprint density at radius 1 is 1.18 bits per heavy atom. The fourth-order valence-electron chi connectivity index (χ4n) is 2.91. The van der Waals surface area contributed by atoms with E-state index in [1.54, 1.807) is 30.3 Å². The summed E-state index contributed by atoms with van der Waals surface area (Å²) < 4.78 is 5.80. The van der Waals surface area contributed by atoms with Gasteiger partial charge in [0.15, 0.2) is 0 Å². The number of carboxylic acid groups (broad SMARTS) is 1. The maximum Gasteiger partial charge on any atom is 0.335 e. The molecule has 0 saturated heterocycles. The number of furan rings is 1. The van der Waals surface area contributed by atoms with E-state index in [0.717, 1.165) is 22.2 Å². The van der Waals surface area contributed by atoms with Crippen LogP contribution in [0, 0.1) is 18.3 Å². The smallest absolute Gasteiger partial charge is 0.335 e. The summed E-state index contributed by atoms with van der Waals surface area (Å²) in [7, 11) is 0. The number of carbonyl (C=O) groups is 1. The maximum atomic E-state index is 11.0. The number of rotatable bonds is 4. The molecule has 2 heterocycles. The number of fused-ring (bicyclic) bond motifs is 1. The number of nitrogens with one attached hydrogen (secondary N) is 1. The first-order chi connectivity index (χ1) is 13.5. The summed E-state index contributed by atoms with van der Waals surface area (Å²) in [5.74, 6) is 0.590. The van der Waals surface area contributed by atoms with Crippen LogP contribution in [0.15, 0.2) is 59.0 Å². The number of H-pyrrole nitrogens is 1. The van der Waals surface area contributed by atoms with Gasteiger partial charge in [0.1, 0.15) is 23.4 Å². The normalized spacial score (nSPS) is 11.5. The van der Waals surface area contributed by atoms with E-state index in [1.807, 2.05) is 25.1 Å². The van der Waals surface area contributed by atoms with E-state index < -0.39 is 5.97 Å². The molecule has 28 heavy (non-hydrogen) atoms. The molecular formula is C22H15N3O3. The van der Waals surface area contributed by atoms with Gasteiger partial charge < -0.3 is 14.5 Å². The summed E-state index contributed by atoms with van der Waals surface area (Å²) >= 11 is 0. The number of hydrogen-bond acceptors (Lipinski definition) is 4. The van der Waals surface area contributed by atoms with Crippen molar-refractivity contribution in [2.24, 2.45) is 0 Å². The number of aryl methyl sites for hydroxylation is 1. The third kappa shape index (κ3) is 3.29. The van der Waals surface area contributed by atoms with Crippen LogP contribution in [0.3, 0.4) is 0 Å². The highest BCUT2D eigenvalue weighted by Gasteiger charge is 2.11. The van der Waals surface area contributed by atoms with Gasteiger partial charge in [-0.25, -0.2) is 9.78 Å². The van der Waals surface area contributed by atoms with Crippen LogP contribution in [-0.2, 0) is 0 Å². The third-order valence-electron chi connectivity index (χ3n) is 4.34. The molecule has 2 aromatic carbocycles. The number of nitrogens with zero attached hydrogens (tertiary/aromatic N) is 2. The molecule has 136 valence electrons. The van der Waals surface area contributed by atoms with E-state index in [-0.39, 0.29) is 5.56 Å². The van der Waals surface area contributed by atoms with Gasteiger partial charge in [0.05, 0.1) is 22.2 Å². The van der Waals surface area contributed by atoms with E-state index in [0.29, 0.717) is 22.9 Å². The molecule has 0 atom stereocenters. The highest BCUT2D eigenvalue weighted by molar-refractivity contribution is 5.90. The van der Waals surface area contributed by atoms with Crippen LogP contribution in [0.4, 0.5) is 0 Å². The lowest BCUT2D eigenvalue weighted by atomic mass is 10.1.